The molecule has 0 aliphatic heterocycles. The fraction of sp³-hybridized carbons (Fsp3) is 0.0556. The number of benzene rings is 2. The number of anilines is 1. The summed E-state index contributed by atoms with van der Waals surface area (Å²) in [5.41, 5.74) is 6.24. The molecule has 3 rings (SSSR count). The van der Waals surface area contributed by atoms with E-state index in [1.165, 1.54) is 0 Å². The highest BCUT2D eigenvalue weighted by Crippen LogP contribution is 2.20. The van der Waals surface area contributed by atoms with Gasteiger partial charge in [-0.3, -0.25) is 5.43 Å². The van der Waals surface area contributed by atoms with Gasteiger partial charge in [0.15, 0.2) is 10.3 Å². The summed E-state index contributed by atoms with van der Waals surface area (Å²) in [6.45, 7) is 1.94. The second-order valence-electron chi connectivity index (χ2n) is 5.23. The first-order chi connectivity index (χ1) is 12.1. The zero-order valence-corrected chi connectivity index (χ0v) is 15.1. The predicted molar refractivity (Wildman–Crippen MR) is 107 cm³/mol. The minimum Gasteiger partial charge on any atom is -0.331 e. The summed E-state index contributed by atoms with van der Waals surface area (Å²) in [7, 11) is 0. The highest BCUT2D eigenvalue weighted by atomic mass is 35.5. The first kappa shape index (κ1) is 17.1. The standard InChI is InChI=1S/C18H16ClN5S/c1-13-16(17(19)23-24(13)15-10-6-3-7-11-15)12-20-22-18(25)21-14-8-4-2-5-9-14/h2-12H,1H3,(H2,21,22,25)/b20-12-. The molecule has 0 amide bonds. The van der Waals surface area contributed by atoms with Crippen LogP contribution in [0, 0.1) is 6.92 Å². The van der Waals surface area contributed by atoms with Crippen molar-refractivity contribution in [2.24, 2.45) is 5.10 Å². The molecule has 0 fully saturated rings. The maximum Gasteiger partial charge on any atom is 0.191 e. The first-order valence-corrected chi connectivity index (χ1v) is 8.39. The van der Waals surface area contributed by atoms with Crippen LogP contribution < -0.4 is 10.7 Å². The molecule has 2 aromatic carbocycles. The zero-order valence-electron chi connectivity index (χ0n) is 13.5. The number of nitrogens with zero attached hydrogens (tertiary/aromatic N) is 3. The van der Waals surface area contributed by atoms with Gasteiger partial charge in [0, 0.05) is 5.69 Å². The van der Waals surface area contributed by atoms with Gasteiger partial charge in [-0.25, -0.2) is 4.68 Å². The van der Waals surface area contributed by atoms with Gasteiger partial charge in [-0.2, -0.15) is 10.2 Å². The van der Waals surface area contributed by atoms with Crippen molar-refractivity contribution < 1.29 is 0 Å². The smallest absolute Gasteiger partial charge is 0.191 e. The highest BCUT2D eigenvalue weighted by Gasteiger charge is 2.12. The first-order valence-electron chi connectivity index (χ1n) is 7.61. The van der Waals surface area contributed by atoms with Crippen LogP contribution in [-0.2, 0) is 0 Å². The van der Waals surface area contributed by atoms with Crippen LogP contribution in [0.1, 0.15) is 11.3 Å². The highest BCUT2D eigenvalue weighted by molar-refractivity contribution is 7.80. The summed E-state index contributed by atoms with van der Waals surface area (Å²) in [6, 6.07) is 19.4. The Morgan fingerprint density at radius 3 is 2.44 bits per heavy atom. The van der Waals surface area contributed by atoms with Gasteiger partial charge in [0.25, 0.3) is 0 Å². The van der Waals surface area contributed by atoms with E-state index in [1.807, 2.05) is 67.6 Å². The Morgan fingerprint density at radius 1 is 1.12 bits per heavy atom. The average Bonchev–Trinajstić information content (AvgIpc) is 2.91. The van der Waals surface area contributed by atoms with Gasteiger partial charge in [0.1, 0.15) is 0 Å². The summed E-state index contributed by atoms with van der Waals surface area (Å²) in [5, 5.41) is 12.3. The van der Waals surface area contributed by atoms with Gasteiger partial charge in [0.05, 0.1) is 23.2 Å². The van der Waals surface area contributed by atoms with Crippen LogP contribution in [0.3, 0.4) is 0 Å². The lowest BCUT2D eigenvalue weighted by Gasteiger charge is -2.06. The topological polar surface area (TPSA) is 54.2 Å². The number of hydrazone groups is 1. The molecule has 3 aromatic rings. The molecule has 0 radical (unpaired) electrons. The molecule has 5 nitrogen and oxygen atoms in total. The van der Waals surface area contributed by atoms with E-state index in [2.05, 4.69) is 20.9 Å². The molecule has 0 aliphatic carbocycles. The van der Waals surface area contributed by atoms with Crippen molar-refractivity contribution in [2.45, 2.75) is 6.92 Å². The van der Waals surface area contributed by atoms with Gasteiger partial charge in [0.2, 0.25) is 0 Å². The van der Waals surface area contributed by atoms with Gasteiger partial charge < -0.3 is 5.32 Å². The predicted octanol–water partition coefficient (Wildman–Crippen LogP) is 4.15. The molecule has 0 bridgehead atoms. The average molecular weight is 370 g/mol. The van der Waals surface area contributed by atoms with Crippen LogP contribution in [-0.4, -0.2) is 21.1 Å². The second kappa shape index (κ2) is 7.92. The summed E-state index contributed by atoms with van der Waals surface area (Å²) < 4.78 is 1.78. The van der Waals surface area contributed by atoms with E-state index in [9.17, 15) is 0 Å². The summed E-state index contributed by atoms with van der Waals surface area (Å²) in [6.07, 6.45) is 1.61. The Bertz CT molecular complexity index is 891. The largest absolute Gasteiger partial charge is 0.331 e. The minimum absolute atomic E-state index is 0.383. The third-order valence-electron chi connectivity index (χ3n) is 3.51. The quantitative estimate of drug-likeness (QED) is 0.412. The molecule has 0 unspecified atom stereocenters. The Hall–Kier alpha value is -2.70. The maximum absolute atomic E-state index is 6.25. The summed E-state index contributed by atoms with van der Waals surface area (Å²) in [4.78, 5) is 0. The summed E-state index contributed by atoms with van der Waals surface area (Å²) in [5.74, 6) is 0. The molecule has 7 heteroatoms. The molecule has 1 heterocycles. The van der Waals surface area contributed by atoms with Crippen LogP contribution in [0.5, 0.6) is 0 Å². The monoisotopic (exact) mass is 369 g/mol. The molecule has 126 valence electrons. The van der Waals surface area contributed by atoms with Crippen LogP contribution in [0.15, 0.2) is 65.8 Å². The number of thiocarbonyl (C=S) groups is 1. The van der Waals surface area contributed by atoms with Crippen molar-refractivity contribution >= 4 is 40.8 Å². The number of hydrogen-bond donors (Lipinski definition) is 2. The van der Waals surface area contributed by atoms with Gasteiger partial charge in [-0.1, -0.05) is 48.0 Å². The fourth-order valence-electron chi connectivity index (χ4n) is 2.28. The normalized spacial score (nSPS) is 10.8. The number of hydrogen-bond acceptors (Lipinski definition) is 3. The van der Waals surface area contributed by atoms with Crippen LogP contribution in [0.2, 0.25) is 5.15 Å². The number of rotatable bonds is 4. The van der Waals surface area contributed by atoms with Crippen molar-refractivity contribution in [3.63, 3.8) is 0 Å². The van der Waals surface area contributed by atoms with Crippen LogP contribution in [0.25, 0.3) is 5.69 Å². The van der Waals surface area contributed by atoms with Gasteiger partial charge in [-0.05, 0) is 43.4 Å². The molecule has 0 spiro atoms. The molecule has 2 N–H and O–H groups in total. The minimum atomic E-state index is 0.383. The van der Waals surface area contributed by atoms with Crippen molar-refractivity contribution in [1.82, 2.24) is 15.2 Å². The van der Waals surface area contributed by atoms with Crippen LogP contribution in [0.4, 0.5) is 5.69 Å². The molecular formula is C18H16ClN5S. The molecule has 25 heavy (non-hydrogen) atoms. The molecule has 0 aliphatic rings. The maximum atomic E-state index is 6.25. The van der Waals surface area contributed by atoms with Crippen molar-refractivity contribution in [2.75, 3.05) is 5.32 Å². The van der Waals surface area contributed by atoms with Crippen molar-refractivity contribution in [1.29, 1.82) is 0 Å². The molecule has 1 aromatic heterocycles. The Morgan fingerprint density at radius 2 is 1.76 bits per heavy atom. The molecule has 0 saturated heterocycles. The molecule has 0 saturated carbocycles. The Labute approximate surface area is 156 Å². The number of nitrogens with one attached hydrogen (secondary N) is 2. The lowest BCUT2D eigenvalue weighted by atomic mass is 10.2. The van der Waals surface area contributed by atoms with Crippen molar-refractivity contribution in [3.05, 3.63) is 77.1 Å². The van der Waals surface area contributed by atoms with Gasteiger partial charge in [-0.15, -0.1) is 0 Å². The fourth-order valence-corrected chi connectivity index (χ4v) is 2.71. The third-order valence-corrected chi connectivity index (χ3v) is 3.98. The van der Waals surface area contributed by atoms with E-state index in [1.54, 1.807) is 10.9 Å². The lowest BCUT2D eigenvalue weighted by molar-refractivity contribution is 0.847. The zero-order chi connectivity index (χ0) is 17.6. The van der Waals surface area contributed by atoms with Gasteiger partial charge >= 0.3 is 0 Å². The Balaban J connectivity index is 1.70. The number of para-hydroxylation sites is 2. The second-order valence-corrected chi connectivity index (χ2v) is 5.99. The van der Waals surface area contributed by atoms with E-state index in [-0.39, 0.29) is 0 Å². The molecule has 0 atom stereocenters. The van der Waals surface area contributed by atoms with Crippen LogP contribution >= 0.6 is 23.8 Å². The lowest BCUT2D eigenvalue weighted by Crippen LogP contribution is -2.23. The van der Waals surface area contributed by atoms with Crippen molar-refractivity contribution in [3.8, 4) is 5.69 Å². The number of aromatic nitrogens is 2. The van der Waals surface area contributed by atoms with E-state index in [0.29, 0.717) is 10.3 Å². The number of halogens is 1. The third kappa shape index (κ3) is 4.23. The van der Waals surface area contributed by atoms with E-state index in [4.69, 9.17) is 23.8 Å². The summed E-state index contributed by atoms with van der Waals surface area (Å²) >= 11 is 11.5. The Kier molecular flexibility index (Phi) is 5.42. The molecular weight excluding hydrogens is 354 g/mol. The van der Waals surface area contributed by atoms with E-state index >= 15 is 0 Å². The SMILES string of the molecule is Cc1c(/C=N\NC(=S)Nc2ccccc2)c(Cl)nn1-c1ccccc1. The van der Waals surface area contributed by atoms with E-state index < -0.39 is 0 Å². The van der Waals surface area contributed by atoms with E-state index in [0.717, 1.165) is 22.6 Å².